The van der Waals surface area contributed by atoms with Crippen molar-refractivity contribution in [2.45, 2.75) is 58.1 Å². The summed E-state index contributed by atoms with van der Waals surface area (Å²) in [6, 6.07) is -0.435. The summed E-state index contributed by atoms with van der Waals surface area (Å²) in [6.45, 7) is 11.2. The molecule has 2 saturated heterocycles. The van der Waals surface area contributed by atoms with Gasteiger partial charge >= 0.3 is 171 Å². The van der Waals surface area contributed by atoms with E-state index in [1.807, 2.05) is 0 Å². The zero-order valence-corrected chi connectivity index (χ0v) is 19.7. The quantitative estimate of drug-likeness (QED) is 0.430. The van der Waals surface area contributed by atoms with Crippen LogP contribution >= 0.6 is 25.7 Å². The van der Waals surface area contributed by atoms with Crippen molar-refractivity contribution in [1.82, 2.24) is 4.90 Å². The molecule has 2 radical (unpaired) electrons. The summed E-state index contributed by atoms with van der Waals surface area (Å²) in [7, 11) is 13.0. The Kier molecular flexibility index (Phi) is 10.4. The average molecular weight is 434 g/mol. The van der Waals surface area contributed by atoms with Crippen LogP contribution in [-0.4, -0.2) is 69.8 Å². The van der Waals surface area contributed by atoms with Crippen molar-refractivity contribution < 1.29 is 23.3 Å². The molecular weight excluding hydrogens is 402 g/mol. The van der Waals surface area contributed by atoms with Gasteiger partial charge in [0.05, 0.1) is 0 Å². The molecule has 27 heavy (non-hydrogen) atoms. The van der Waals surface area contributed by atoms with Gasteiger partial charge in [-0.15, -0.1) is 0 Å². The third-order valence-corrected chi connectivity index (χ3v) is 6.65. The van der Waals surface area contributed by atoms with Crippen molar-refractivity contribution in [3.8, 4) is 0 Å². The second kappa shape index (κ2) is 11.5. The van der Waals surface area contributed by atoms with Gasteiger partial charge in [-0.3, -0.25) is 0 Å². The molecule has 0 aromatic heterocycles. The summed E-state index contributed by atoms with van der Waals surface area (Å²) in [4.78, 5) is 2.14. The molecule has 0 bridgehead atoms. The van der Waals surface area contributed by atoms with Crippen LogP contribution in [0.1, 0.15) is 34.1 Å². The van der Waals surface area contributed by atoms with Crippen molar-refractivity contribution in [2.75, 3.05) is 33.0 Å². The van der Waals surface area contributed by atoms with Gasteiger partial charge in [-0.25, -0.2) is 0 Å². The molecule has 2 aliphatic heterocycles. The van der Waals surface area contributed by atoms with E-state index in [0.29, 0.717) is 58.7 Å². The second-order valence-corrected chi connectivity index (χ2v) is 9.09. The molecule has 0 saturated carbocycles. The van der Waals surface area contributed by atoms with Crippen LogP contribution in [0.25, 0.3) is 0 Å². The molecular formula is C17H32BNO5P3+. The van der Waals surface area contributed by atoms with Crippen LogP contribution in [-0.2, 0) is 23.3 Å². The summed E-state index contributed by atoms with van der Waals surface area (Å²) >= 11 is 0. The molecule has 2 heterocycles. The van der Waals surface area contributed by atoms with E-state index in [2.05, 4.69) is 50.4 Å². The molecule has 0 aliphatic carbocycles. The topological polar surface area (TPSA) is 49.4 Å². The first-order valence-corrected chi connectivity index (χ1v) is 12.0. The maximum atomic E-state index is 6.24. The van der Waals surface area contributed by atoms with E-state index in [4.69, 9.17) is 31.1 Å². The Morgan fingerprint density at radius 1 is 1.26 bits per heavy atom. The molecule has 0 aromatic carbocycles. The number of ether oxygens (including phenoxy) is 3. The van der Waals surface area contributed by atoms with Gasteiger partial charge in [0.1, 0.15) is 0 Å². The molecule has 8 unspecified atom stereocenters. The fourth-order valence-corrected chi connectivity index (χ4v) is 4.81. The van der Waals surface area contributed by atoms with Crippen molar-refractivity contribution in [2.24, 2.45) is 17.8 Å². The SMILES string of the molecule is [B]C1CN(COC2OC(CC)C(C)C(C)C2C)CC(COP)(CO[P+]#P)O1. The predicted molar refractivity (Wildman–Crippen MR) is 113 cm³/mol. The molecule has 0 spiro atoms. The van der Waals surface area contributed by atoms with Crippen LogP contribution in [0.4, 0.5) is 0 Å². The molecule has 0 amide bonds. The second-order valence-electron chi connectivity index (χ2n) is 7.84. The Hall–Kier alpha value is 1.11. The molecule has 152 valence electrons. The number of hydrogen-bond donors (Lipinski definition) is 0. The summed E-state index contributed by atoms with van der Waals surface area (Å²) in [6.07, 6.45) is 1.02. The van der Waals surface area contributed by atoms with Crippen LogP contribution in [0.3, 0.4) is 0 Å². The first-order valence-electron chi connectivity index (χ1n) is 9.56. The van der Waals surface area contributed by atoms with Gasteiger partial charge in [-0.1, -0.05) is 0 Å². The van der Waals surface area contributed by atoms with E-state index in [1.165, 1.54) is 0 Å². The van der Waals surface area contributed by atoms with Gasteiger partial charge in [-0.05, 0) is 0 Å². The van der Waals surface area contributed by atoms with Crippen LogP contribution < -0.4 is 0 Å². The third kappa shape index (κ3) is 6.55. The van der Waals surface area contributed by atoms with E-state index in [0.717, 1.165) is 6.42 Å². The first-order chi connectivity index (χ1) is 12.9. The Morgan fingerprint density at radius 3 is 2.63 bits per heavy atom. The van der Waals surface area contributed by atoms with Crippen LogP contribution in [0, 0.1) is 17.8 Å². The van der Waals surface area contributed by atoms with Crippen molar-refractivity contribution in [3.63, 3.8) is 0 Å². The summed E-state index contributed by atoms with van der Waals surface area (Å²) in [5.74, 6) is 1.42. The normalized spacial score (nSPS) is 40.7. The summed E-state index contributed by atoms with van der Waals surface area (Å²) in [5, 5.41) is 0. The summed E-state index contributed by atoms with van der Waals surface area (Å²) < 4.78 is 29.2. The van der Waals surface area contributed by atoms with Crippen molar-refractivity contribution >= 4 is 33.6 Å². The van der Waals surface area contributed by atoms with Gasteiger partial charge in [0.15, 0.2) is 0 Å². The number of hydrogen-bond acceptors (Lipinski definition) is 6. The Balaban J connectivity index is 1.98. The van der Waals surface area contributed by atoms with E-state index in [-0.39, 0.29) is 12.4 Å². The van der Waals surface area contributed by atoms with Gasteiger partial charge in [-0.2, -0.15) is 0 Å². The number of rotatable bonds is 8. The fourth-order valence-electron chi connectivity index (χ4n) is 4.04. The van der Waals surface area contributed by atoms with Crippen molar-refractivity contribution in [1.29, 1.82) is 0 Å². The Labute approximate surface area is 171 Å². The molecule has 8 atom stereocenters. The van der Waals surface area contributed by atoms with Crippen LogP contribution in [0.5, 0.6) is 0 Å². The van der Waals surface area contributed by atoms with Gasteiger partial charge in [0, 0.05) is 0 Å². The molecule has 0 aromatic rings. The van der Waals surface area contributed by atoms with E-state index in [1.54, 1.807) is 0 Å². The number of nitrogens with zero attached hydrogens (tertiary/aromatic N) is 1. The Bertz CT molecular complexity index is 511. The molecule has 2 aliphatic rings. The molecule has 2 rings (SSSR count). The monoisotopic (exact) mass is 434 g/mol. The first kappa shape index (κ1) is 24.4. The fraction of sp³-hybridized carbons (Fsp3) is 1.00. The van der Waals surface area contributed by atoms with Gasteiger partial charge in [0.25, 0.3) is 0 Å². The molecule has 6 nitrogen and oxygen atoms in total. The third-order valence-electron chi connectivity index (χ3n) is 5.89. The molecule has 0 N–H and O–H groups in total. The van der Waals surface area contributed by atoms with Gasteiger partial charge < -0.3 is 0 Å². The Morgan fingerprint density at radius 2 is 2.00 bits per heavy atom. The van der Waals surface area contributed by atoms with E-state index < -0.39 is 11.6 Å². The molecule has 2 fully saturated rings. The minimum atomic E-state index is -0.648. The average Bonchev–Trinajstić information content (AvgIpc) is 2.64. The zero-order valence-electron chi connectivity index (χ0n) is 16.7. The predicted octanol–water partition coefficient (Wildman–Crippen LogP) is 3.58. The van der Waals surface area contributed by atoms with Crippen LogP contribution in [0.15, 0.2) is 0 Å². The standard InChI is InChI=1S/C17H32BNO5P3/c1-5-14-12(3)11(2)13(4)16(23-14)20-10-19-6-15(18)24-17(7-19,8-21-25)9-22-27-26/h11-16H,5-10,25H2,1-4H3/q+1. The minimum absolute atomic E-state index is 0.209. The summed E-state index contributed by atoms with van der Waals surface area (Å²) in [5.41, 5.74) is -0.648. The van der Waals surface area contributed by atoms with E-state index >= 15 is 0 Å². The number of morpholine rings is 1. The molecule has 10 heteroatoms. The zero-order chi connectivity index (χ0) is 20.0. The maximum absolute atomic E-state index is 6.24. The van der Waals surface area contributed by atoms with E-state index in [9.17, 15) is 0 Å². The van der Waals surface area contributed by atoms with Gasteiger partial charge in [0.2, 0.25) is 0 Å². The van der Waals surface area contributed by atoms with Crippen molar-refractivity contribution in [3.05, 3.63) is 0 Å². The van der Waals surface area contributed by atoms with Crippen LogP contribution in [0.2, 0.25) is 0 Å².